The van der Waals surface area contributed by atoms with Crippen LogP contribution in [0.2, 0.25) is 0 Å². The van der Waals surface area contributed by atoms with Gasteiger partial charge in [0.1, 0.15) is 0 Å². The van der Waals surface area contributed by atoms with E-state index in [0.29, 0.717) is 6.54 Å². The normalized spacial score (nSPS) is 10.3. The first kappa shape index (κ1) is 17.6. The zero-order valence-corrected chi connectivity index (χ0v) is 12.8. The number of aryl methyl sites for hydroxylation is 1. The van der Waals surface area contributed by atoms with E-state index in [2.05, 4.69) is 0 Å². The van der Waals surface area contributed by atoms with Crippen molar-refractivity contribution in [1.29, 1.82) is 0 Å². The van der Waals surface area contributed by atoms with E-state index in [9.17, 15) is 14.4 Å². The summed E-state index contributed by atoms with van der Waals surface area (Å²) in [6, 6.07) is 6.80. The summed E-state index contributed by atoms with van der Waals surface area (Å²) in [5.41, 5.74) is 6.97. The molecule has 0 saturated carbocycles. The van der Waals surface area contributed by atoms with Crippen LogP contribution in [0.3, 0.4) is 0 Å². The van der Waals surface area contributed by atoms with Crippen LogP contribution in [0.5, 0.6) is 0 Å². The maximum absolute atomic E-state index is 11.6. The number of nitrogens with two attached hydrogens (primary N) is 1. The van der Waals surface area contributed by atoms with E-state index in [4.69, 9.17) is 10.5 Å². The van der Waals surface area contributed by atoms with Gasteiger partial charge in [-0.2, -0.15) is 0 Å². The molecule has 3 N–H and O–H groups in total. The van der Waals surface area contributed by atoms with Crippen molar-refractivity contribution < 1.29 is 19.1 Å². The topological polar surface area (TPSA) is 102 Å². The van der Waals surface area contributed by atoms with Crippen molar-refractivity contribution in [2.75, 3.05) is 19.7 Å². The fraction of sp³-hybridized carbons (Fsp3) is 0.400. The largest absolute Gasteiger partial charge is 0.465 e. The Morgan fingerprint density at radius 3 is 2.36 bits per heavy atom. The van der Waals surface area contributed by atoms with Gasteiger partial charge in [-0.1, -0.05) is 29.8 Å². The van der Waals surface area contributed by atoms with Gasteiger partial charge in [-0.25, -0.2) is 4.79 Å². The molecule has 7 nitrogen and oxygen atoms in total. The second-order valence-electron chi connectivity index (χ2n) is 4.85. The third-order valence-electron chi connectivity index (χ3n) is 2.81. The van der Waals surface area contributed by atoms with Crippen LogP contribution in [0.25, 0.3) is 0 Å². The Kier molecular flexibility index (Phi) is 7.04. The number of ether oxygens (including phenoxy) is 1. The number of imide groups is 1. The maximum atomic E-state index is 11.6. The van der Waals surface area contributed by atoms with Crippen molar-refractivity contribution in [2.45, 2.75) is 20.4 Å². The molecule has 22 heavy (non-hydrogen) atoms. The van der Waals surface area contributed by atoms with Crippen LogP contribution >= 0.6 is 0 Å². The van der Waals surface area contributed by atoms with Gasteiger partial charge in [-0.15, -0.1) is 0 Å². The molecule has 0 atom stereocenters. The van der Waals surface area contributed by atoms with Crippen molar-refractivity contribution in [3.8, 4) is 0 Å². The van der Waals surface area contributed by atoms with Crippen LogP contribution in [0, 0.1) is 6.92 Å². The molecule has 0 bridgehead atoms. The highest BCUT2D eigenvalue weighted by molar-refractivity contribution is 5.94. The van der Waals surface area contributed by atoms with E-state index >= 15 is 0 Å². The minimum absolute atomic E-state index is 0.0477. The number of rotatable bonds is 7. The first-order chi connectivity index (χ1) is 10.4. The molecule has 0 aliphatic rings. The lowest BCUT2D eigenvalue weighted by Crippen LogP contribution is -2.43. The lowest BCUT2D eigenvalue weighted by atomic mass is 10.1. The molecule has 0 aromatic heterocycles. The van der Waals surface area contributed by atoms with Gasteiger partial charge in [0.2, 0.25) is 5.91 Å². The highest BCUT2D eigenvalue weighted by Crippen LogP contribution is 2.07. The van der Waals surface area contributed by atoms with Gasteiger partial charge in [0.05, 0.1) is 19.7 Å². The fourth-order valence-corrected chi connectivity index (χ4v) is 1.89. The number of nitrogens with one attached hydrogen (secondary N) is 1. The number of carbonyl (C=O) groups is 3. The highest BCUT2D eigenvalue weighted by atomic mass is 16.5. The number of urea groups is 1. The van der Waals surface area contributed by atoms with Crippen LogP contribution < -0.4 is 11.1 Å². The van der Waals surface area contributed by atoms with E-state index in [1.807, 2.05) is 36.5 Å². The molecular weight excluding hydrogens is 286 g/mol. The van der Waals surface area contributed by atoms with Crippen molar-refractivity contribution in [1.82, 2.24) is 10.2 Å². The van der Waals surface area contributed by atoms with E-state index < -0.39 is 17.9 Å². The second kappa shape index (κ2) is 8.78. The SMILES string of the molecule is CCOC(=O)CN(CC(=O)NC(N)=O)Cc1ccc(C)cc1. The van der Waals surface area contributed by atoms with E-state index in [0.717, 1.165) is 11.1 Å². The standard InChI is InChI=1S/C15H21N3O4/c1-3-22-14(20)10-18(9-13(19)17-15(16)21)8-12-6-4-11(2)5-7-12/h4-7H,3,8-10H2,1-2H3,(H3,16,17,19,21). The van der Waals surface area contributed by atoms with Crippen LogP contribution in [-0.2, 0) is 20.9 Å². The molecule has 0 heterocycles. The van der Waals surface area contributed by atoms with E-state index in [1.54, 1.807) is 11.8 Å². The fourth-order valence-electron chi connectivity index (χ4n) is 1.89. The van der Waals surface area contributed by atoms with Crippen molar-refractivity contribution in [3.63, 3.8) is 0 Å². The number of esters is 1. The first-order valence-electron chi connectivity index (χ1n) is 6.93. The lowest BCUT2D eigenvalue weighted by molar-refractivity contribution is -0.144. The highest BCUT2D eigenvalue weighted by Gasteiger charge is 2.16. The Balaban J connectivity index is 2.71. The third kappa shape index (κ3) is 6.85. The molecule has 0 unspecified atom stereocenters. The summed E-state index contributed by atoms with van der Waals surface area (Å²) < 4.78 is 4.89. The minimum atomic E-state index is -0.920. The Hall–Kier alpha value is -2.41. The molecule has 0 aliphatic carbocycles. The predicted molar refractivity (Wildman–Crippen MR) is 80.8 cm³/mol. The number of amides is 3. The van der Waals surface area contributed by atoms with Crippen LogP contribution in [0.1, 0.15) is 18.1 Å². The van der Waals surface area contributed by atoms with Gasteiger partial charge < -0.3 is 10.5 Å². The Labute approximate surface area is 129 Å². The molecule has 0 radical (unpaired) electrons. The molecule has 1 rings (SSSR count). The van der Waals surface area contributed by atoms with Crippen molar-refractivity contribution in [2.24, 2.45) is 5.73 Å². The predicted octanol–water partition coefficient (Wildman–Crippen LogP) is 0.555. The van der Waals surface area contributed by atoms with E-state index in [1.165, 1.54) is 0 Å². The van der Waals surface area contributed by atoms with Crippen molar-refractivity contribution >= 4 is 17.9 Å². The van der Waals surface area contributed by atoms with Gasteiger partial charge in [0, 0.05) is 6.54 Å². The Morgan fingerprint density at radius 1 is 1.18 bits per heavy atom. The van der Waals surface area contributed by atoms with Crippen LogP contribution in [0.15, 0.2) is 24.3 Å². The van der Waals surface area contributed by atoms with Gasteiger partial charge >= 0.3 is 12.0 Å². The number of primary amides is 1. The summed E-state index contributed by atoms with van der Waals surface area (Å²) in [6.45, 7) is 4.15. The summed E-state index contributed by atoms with van der Waals surface area (Å²) in [7, 11) is 0. The van der Waals surface area contributed by atoms with Gasteiger partial charge in [0.25, 0.3) is 0 Å². The first-order valence-corrected chi connectivity index (χ1v) is 6.93. The average molecular weight is 307 g/mol. The molecule has 1 aromatic rings. The Morgan fingerprint density at radius 2 is 1.82 bits per heavy atom. The molecular formula is C15H21N3O4. The maximum Gasteiger partial charge on any atom is 0.320 e. The molecule has 1 aromatic carbocycles. The number of benzene rings is 1. The van der Waals surface area contributed by atoms with Gasteiger partial charge in [0.15, 0.2) is 0 Å². The molecule has 120 valence electrons. The quantitative estimate of drug-likeness (QED) is 0.716. The summed E-state index contributed by atoms with van der Waals surface area (Å²) in [6.07, 6.45) is 0. The number of carbonyl (C=O) groups excluding carboxylic acids is 3. The zero-order chi connectivity index (χ0) is 16.5. The molecule has 0 saturated heterocycles. The molecule has 0 fully saturated rings. The average Bonchev–Trinajstić information content (AvgIpc) is 2.40. The second-order valence-corrected chi connectivity index (χ2v) is 4.85. The lowest BCUT2D eigenvalue weighted by Gasteiger charge is -2.20. The molecule has 7 heteroatoms. The van der Waals surface area contributed by atoms with Crippen LogP contribution in [0.4, 0.5) is 4.79 Å². The number of hydrogen-bond acceptors (Lipinski definition) is 5. The minimum Gasteiger partial charge on any atom is -0.465 e. The summed E-state index contributed by atoms with van der Waals surface area (Å²) >= 11 is 0. The summed E-state index contributed by atoms with van der Waals surface area (Å²) in [5, 5.41) is 1.98. The molecule has 3 amide bonds. The Bertz CT molecular complexity index is 528. The van der Waals surface area contributed by atoms with Gasteiger partial charge in [-0.3, -0.25) is 19.8 Å². The monoisotopic (exact) mass is 307 g/mol. The van der Waals surface area contributed by atoms with Crippen LogP contribution in [-0.4, -0.2) is 42.5 Å². The molecule has 0 spiro atoms. The number of nitrogens with zero attached hydrogens (tertiary/aromatic N) is 1. The smallest absolute Gasteiger partial charge is 0.320 e. The summed E-state index contributed by atoms with van der Waals surface area (Å²) in [4.78, 5) is 35.5. The van der Waals surface area contributed by atoms with Gasteiger partial charge in [-0.05, 0) is 19.4 Å². The third-order valence-corrected chi connectivity index (χ3v) is 2.81. The zero-order valence-electron chi connectivity index (χ0n) is 12.8. The molecule has 0 aliphatic heterocycles. The number of hydrogen-bond donors (Lipinski definition) is 2. The van der Waals surface area contributed by atoms with Crippen molar-refractivity contribution in [3.05, 3.63) is 35.4 Å². The summed E-state index contributed by atoms with van der Waals surface area (Å²) in [5.74, 6) is -0.995. The van der Waals surface area contributed by atoms with E-state index in [-0.39, 0.29) is 19.7 Å².